The molecule has 0 saturated carbocycles. The van der Waals surface area contributed by atoms with E-state index in [1.165, 1.54) is 24.5 Å². The summed E-state index contributed by atoms with van der Waals surface area (Å²) in [6.07, 6.45) is 1.66. The number of nitrogens with zero attached hydrogens (tertiary/aromatic N) is 1. The number of nitrogens with one attached hydrogen (secondary N) is 1. The summed E-state index contributed by atoms with van der Waals surface area (Å²) in [6.45, 7) is 1.63. The number of amidine groups is 1. The number of rotatable bonds is 4. The number of alkyl halides is 3. The molecule has 27 heavy (non-hydrogen) atoms. The highest BCUT2D eigenvalue weighted by atomic mass is 19.4. The number of allylic oxidation sites excluding steroid dienone is 2. The Morgan fingerprint density at radius 3 is 2.41 bits per heavy atom. The lowest BCUT2D eigenvalue weighted by atomic mass is 10.0. The number of carbonyl (C=O) groups excluding carboxylic acids is 1. The van der Waals surface area contributed by atoms with E-state index in [1.54, 1.807) is 43.3 Å². The molecule has 0 aliphatic rings. The van der Waals surface area contributed by atoms with Crippen molar-refractivity contribution in [2.24, 2.45) is 10.7 Å². The predicted molar refractivity (Wildman–Crippen MR) is 99.9 cm³/mol. The molecule has 4 nitrogen and oxygen atoms in total. The summed E-state index contributed by atoms with van der Waals surface area (Å²) in [4.78, 5) is 16.3. The lowest BCUT2D eigenvalue weighted by molar-refractivity contribution is -0.137. The molecular formula is C20H18F3N3O. The molecule has 140 valence electrons. The molecule has 2 aromatic rings. The average molecular weight is 373 g/mol. The van der Waals surface area contributed by atoms with Gasteiger partial charge in [-0.3, -0.25) is 4.79 Å². The maximum atomic E-state index is 12.7. The third-order valence-corrected chi connectivity index (χ3v) is 3.54. The lowest BCUT2D eigenvalue weighted by Crippen LogP contribution is -2.28. The van der Waals surface area contributed by atoms with Crippen LogP contribution in [0.4, 0.5) is 13.2 Å². The Kier molecular flexibility index (Phi) is 6.54. The van der Waals surface area contributed by atoms with Crippen LogP contribution in [-0.4, -0.2) is 11.7 Å². The molecule has 7 heteroatoms. The summed E-state index contributed by atoms with van der Waals surface area (Å²) in [7, 11) is 0. The fraction of sp³-hybridized carbons (Fsp3) is 0.100. The van der Waals surface area contributed by atoms with E-state index in [1.807, 2.05) is 0 Å². The summed E-state index contributed by atoms with van der Waals surface area (Å²) in [5.74, 6) is 0.0226. The van der Waals surface area contributed by atoms with Crippen molar-refractivity contribution in [3.63, 3.8) is 0 Å². The summed E-state index contributed by atoms with van der Waals surface area (Å²) < 4.78 is 38.0. The molecule has 0 aliphatic heterocycles. The van der Waals surface area contributed by atoms with Crippen molar-refractivity contribution < 1.29 is 18.0 Å². The van der Waals surface area contributed by atoms with Crippen LogP contribution >= 0.6 is 0 Å². The van der Waals surface area contributed by atoms with Gasteiger partial charge in [-0.2, -0.15) is 13.2 Å². The van der Waals surface area contributed by atoms with E-state index >= 15 is 0 Å². The van der Waals surface area contributed by atoms with E-state index in [9.17, 15) is 18.0 Å². The second-order valence-electron chi connectivity index (χ2n) is 5.55. The SMILES string of the molecule is C\C(=N/C=C\C=C/N)NC(=O)c1cccc(-c2ccc(C(F)(F)F)cc2)c1. The molecule has 0 fully saturated rings. The quantitative estimate of drug-likeness (QED) is 0.470. The maximum Gasteiger partial charge on any atom is 0.416 e. The maximum absolute atomic E-state index is 12.7. The first-order chi connectivity index (χ1) is 12.8. The molecule has 0 spiro atoms. The molecule has 0 radical (unpaired) electrons. The van der Waals surface area contributed by atoms with Crippen LogP contribution in [0, 0.1) is 0 Å². The van der Waals surface area contributed by atoms with Crippen LogP contribution in [-0.2, 0) is 6.18 Å². The van der Waals surface area contributed by atoms with Crippen molar-refractivity contribution in [3.8, 4) is 11.1 Å². The van der Waals surface area contributed by atoms with E-state index in [4.69, 9.17) is 5.73 Å². The van der Waals surface area contributed by atoms with Gasteiger partial charge in [0.15, 0.2) is 0 Å². The van der Waals surface area contributed by atoms with Gasteiger partial charge in [-0.15, -0.1) is 0 Å². The van der Waals surface area contributed by atoms with Crippen LogP contribution in [0.1, 0.15) is 22.8 Å². The van der Waals surface area contributed by atoms with Crippen molar-refractivity contribution >= 4 is 11.7 Å². The minimum atomic E-state index is -4.38. The largest absolute Gasteiger partial charge is 0.416 e. The number of amides is 1. The van der Waals surface area contributed by atoms with E-state index < -0.39 is 11.7 Å². The van der Waals surface area contributed by atoms with Crippen molar-refractivity contribution in [3.05, 3.63) is 84.2 Å². The second-order valence-corrected chi connectivity index (χ2v) is 5.55. The van der Waals surface area contributed by atoms with Gasteiger partial charge in [0.05, 0.1) is 5.56 Å². The van der Waals surface area contributed by atoms with Crippen LogP contribution in [0.2, 0.25) is 0 Å². The third-order valence-electron chi connectivity index (χ3n) is 3.54. The van der Waals surface area contributed by atoms with Gasteiger partial charge in [0.2, 0.25) is 0 Å². The fourth-order valence-corrected chi connectivity index (χ4v) is 2.23. The molecule has 2 rings (SSSR count). The van der Waals surface area contributed by atoms with Gasteiger partial charge in [0, 0.05) is 11.8 Å². The Bertz CT molecular complexity index is 882. The van der Waals surface area contributed by atoms with E-state index in [2.05, 4.69) is 10.3 Å². The molecule has 0 unspecified atom stereocenters. The Hall–Kier alpha value is -3.35. The summed E-state index contributed by atoms with van der Waals surface area (Å²) in [5.41, 5.74) is 6.06. The molecule has 0 atom stereocenters. The number of benzene rings is 2. The average Bonchev–Trinajstić information content (AvgIpc) is 2.65. The van der Waals surface area contributed by atoms with Crippen LogP contribution < -0.4 is 11.1 Å². The number of halogens is 3. The van der Waals surface area contributed by atoms with Gasteiger partial charge in [-0.1, -0.05) is 24.3 Å². The molecule has 0 aromatic heterocycles. The molecule has 0 bridgehead atoms. The molecule has 1 amide bonds. The second kappa shape index (κ2) is 8.84. The van der Waals surface area contributed by atoms with Gasteiger partial charge in [-0.25, -0.2) is 4.99 Å². The number of hydrogen-bond acceptors (Lipinski definition) is 3. The highest BCUT2D eigenvalue weighted by Crippen LogP contribution is 2.31. The molecule has 0 heterocycles. The number of aliphatic imine (C=N–C) groups is 1. The first-order valence-corrected chi connectivity index (χ1v) is 7.98. The van der Waals surface area contributed by atoms with Crippen molar-refractivity contribution in [1.82, 2.24) is 5.32 Å². The minimum absolute atomic E-state index is 0.368. The highest BCUT2D eigenvalue weighted by Gasteiger charge is 2.29. The summed E-state index contributed by atoms with van der Waals surface area (Å²) >= 11 is 0. The fourth-order valence-electron chi connectivity index (χ4n) is 2.23. The number of nitrogens with two attached hydrogens (primary N) is 1. The summed E-state index contributed by atoms with van der Waals surface area (Å²) in [5, 5.41) is 2.64. The standard InChI is InChI=1S/C20H18F3N3O/c1-14(25-12-3-2-11-24)26-19(27)17-6-4-5-16(13-17)15-7-9-18(10-8-15)20(21,22)23/h2-13H,24H2,1H3,(H,25,26,27)/b11-2-,12-3-. The minimum Gasteiger partial charge on any atom is -0.405 e. The van der Waals surface area contributed by atoms with Gasteiger partial charge in [0.1, 0.15) is 5.84 Å². The first kappa shape index (κ1) is 20.0. The van der Waals surface area contributed by atoms with Crippen molar-refractivity contribution in [1.29, 1.82) is 0 Å². The normalized spacial score (nSPS) is 12.7. The zero-order valence-electron chi connectivity index (χ0n) is 14.5. The van der Waals surface area contributed by atoms with E-state index in [0.29, 0.717) is 22.5 Å². The van der Waals surface area contributed by atoms with Gasteiger partial charge in [0.25, 0.3) is 5.91 Å². The predicted octanol–water partition coefficient (Wildman–Crippen LogP) is 4.51. The third kappa shape index (κ3) is 5.85. The zero-order valence-corrected chi connectivity index (χ0v) is 14.5. The zero-order chi connectivity index (χ0) is 19.9. The molecule has 2 aromatic carbocycles. The summed E-state index contributed by atoms with van der Waals surface area (Å²) in [6, 6.07) is 11.4. The molecular weight excluding hydrogens is 355 g/mol. The van der Waals surface area contributed by atoms with Crippen molar-refractivity contribution in [2.75, 3.05) is 0 Å². The van der Waals surface area contributed by atoms with Crippen LogP contribution in [0.5, 0.6) is 0 Å². The topological polar surface area (TPSA) is 67.5 Å². The number of carbonyl (C=O) groups is 1. The van der Waals surface area contributed by atoms with E-state index in [-0.39, 0.29) is 5.91 Å². The Morgan fingerprint density at radius 1 is 1.07 bits per heavy atom. The van der Waals surface area contributed by atoms with E-state index in [0.717, 1.165) is 12.1 Å². The van der Waals surface area contributed by atoms with Crippen LogP contribution in [0.3, 0.4) is 0 Å². The van der Waals surface area contributed by atoms with Gasteiger partial charge in [-0.05, 0) is 60.7 Å². The molecule has 3 N–H and O–H groups in total. The monoisotopic (exact) mass is 373 g/mol. The van der Waals surface area contributed by atoms with Crippen molar-refractivity contribution in [2.45, 2.75) is 13.1 Å². The van der Waals surface area contributed by atoms with Crippen LogP contribution in [0.15, 0.2) is 78.1 Å². The highest BCUT2D eigenvalue weighted by molar-refractivity contribution is 6.06. The molecule has 0 saturated heterocycles. The van der Waals surface area contributed by atoms with Crippen LogP contribution in [0.25, 0.3) is 11.1 Å². The molecule has 0 aliphatic carbocycles. The lowest BCUT2D eigenvalue weighted by Gasteiger charge is -2.09. The van der Waals surface area contributed by atoms with Gasteiger partial charge >= 0.3 is 6.18 Å². The Labute approximate surface area is 154 Å². The number of hydrogen-bond donors (Lipinski definition) is 2. The Balaban J connectivity index is 2.16. The van der Waals surface area contributed by atoms with Gasteiger partial charge < -0.3 is 11.1 Å². The Morgan fingerprint density at radius 2 is 1.78 bits per heavy atom. The first-order valence-electron chi connectivity index (χ1n) is 7.98. The smallest absolute Gasteiger partial charge is 0.405 e.